The molecule has 6 nitrogen and oxygen atoms in total. The van der Waals surface area contributed by atoms with Crippen LogP contribution in [0.2, 0.25) is 0 Å². The topological polar surface area (TPSA) is 68.8 Å². The third-order valence-electron chi connectivity index (χ3n) is 3.74. The Labute approximate surface area is 129 Å². The number of hydrogen-bond donors (Lipinski definition) is 1. The van der Waals surface area contributed by atoms with Gasteiger partial charge in [0, 0.05) is 25.9 Å². The third-order valence-corrected chi connectivity index (χ3v) is 3.74. The van der Waals surface area contributed by atoms with Gasteiger partial charge in [0.05, 0.1) is 17.8 Å². The molecular formula is C16H21N5O. The van der Waals surface area contributed by atoms with Crippen molar-refractivity contribution in [3.63, 3.8) is 0 Å². The number of rotatable bonds is 6. The van der Waals surface area contributed by atoms with Crippen molar-refractivity contribution in [1.29, 1.82) is 0 Å². The zero-order chi connectivity index (χ0) is 15.5. The molecule has 22 heavy (non-hydrogen) atoms. The lowest BCUT2D eigenvalue weighted by Gasteiger charge is -2.15. The van der Waals surface area contributed by atoms with Gasteiger partial charge in [0.2, 0.25) is 0 Å². The average Bonchev–Trinajstić information content (AvgIpc) is 3.15. The molecule has 3 heterocycles. The van der Waals surface area contributed by atoms with Crippen molar-refractivity contribution in [3.05, 3.63) is 36.2 Å². The van der Waals surface area contributed by atoms with E-state index in [0.717, 1.165) is 47.7 Å². The predicted molar refractivity (Wildman–Crippen MR) is 85.8 cm³/mol. The summed E-state index contributed by atoms with van der Waals surface area (Å²) in [6.45, 7) is 4.21. The first-order chi connectivity index (χ1) is 10.7. The van der Waals surface area contributed by atoms with Gasteiger partial charge in [-0.25, -0.2) is 9.97 Å². The largest absolute Gasteiger partial charge is 0.469 e. The molecule has 0 aliphatic heterocycles. The number of furan rings is 1. The van der Waals surface area contributed by atoms with Gasteiger partial charge in [-0.05, 0) is 25.5 Å². The summed E-state index contributed by atoms with van der Waals surface area (Å²) in [5.41, 5.74) is 0.868. The number of aromatic nitrogens is 4. The number of hydrogen-bond acceptors (Lipinski definition) is 5. The van der Waals surface area contributed by atoms with Crippen LogP contribution in [-0.4, -0.2) is 25.8 Å². The molecule has 3 aromatic rings. The molecule has 0 amide bonds. The fourth-order valence-corrected chi connectivity index (χ4v) is 2.45. The van der Waals surface area contributed by atoms with Crippen molar-refractivity contribution in [2.45, 2.75) is 39.2 Å². The summed E-state index contributed by atoms with van der Waals surface area (Å²) >= 11 is 0. The quantitative estimate of drug-likeness (QED) is 0.758. The van der Waals surface area contributed by atoms with Crippen molar-refractivity contribution in [1.82, 2.24) is 19.7 Å². The second kappa shape index (κ2) is 6.17. The maximum Gasteiger partial charge on any atom is 0.163 e. The number of nitrogens with zero attached hydrogens (tertiary/aromatic N) is 4. The van der Waals surface area contributed by atoms with E-state index < -0.39 is 0 Å². The van der Waals surface area contributed by atoms with Crippen molar-refractivity contribution >= 4 is 16.9 Å². The summed E-state index contributed by atoms with van der Waals surface area (Å²) in [7, 11) is 1.90. The molecule has 3 aromatic heterocycles. The summed E-state index contributed by atoms with van der Waals surface area (Å²) in [5.74, 6) is 2.70. The maximum absolute atomic E-state index is 5.38. The first-order valence-electron chi connectivity index (χ1n) is 7.65. The van der Waals surface area contributed by atoms with Crippen LogP contribution in [0.25, 0.3) is 11.0 Å². The highest BCUT2D eigenvalue weighted by Crippen LogP contribution is 2.21. The highest BCUT2D eigenvalue weighted by atomic mass is 16.3. The van der Waals surface area contributed by atoms with Crippen LogP contribution in [0.4, 0.5) is 5.82 Å². The standard InChI is InChI=1S/C16H21N5O/c1-4-14-19-15(13-10-17-21(3)16(13)20-14)18-11(2)7-8-12-6-5-9-22-12/h5-6,9-11H,4,7-8H2,1-3H3,(H,18,19,20)/t11-/m1/s1. The van der Waals surface area contributed by atoms with Crippen LogP contribution >= 0.6 is 0 Å². The second-order valence-electron chi connectivity index (χ2n) is 5.51. The number of nitrogens with one attached hydrogen (secondary N) is 1. The Morgan fingerprint density at radius 1 is 1.36 bits per heavy atom. The van der Waals surface area contributed by atoms with Gasteiger partial charge in [-0.15, -0.1) is 0 Å². The van der Waals surface area contributed by atoms with E-state index in [-0.39, 0.29) is 6.04 Å². The van der Waals surface area contributed by atoms with Crippen molar-refractivity contribution < 1.29 is 4.42 Å². The first kappa shape index (κ1) is 14.6. The molecular weight excluding hydrogens is 278 g/mol. The van der Waals surface area contributed by atoms with Gasteiger partial charge in [0.25, 0.3) is 0 Å². The molecule has 0 aliphatic rings. The minimum Gasteiger partial charge on any atom is -0.469 e. The van der Waals surface area contributed by atoms with Crippen LogP contribution in [-0.2, 0) is 19.9 Å². The molecule has 0 aliphatic carbocycles. The SMILES string of the molecule is CCc1nc(N[C@H](C)CCc2ccco2)c2cnn(C)c2n1. The summed E-state index contributed by atoms with van der Waals surface area (Å²) in [4.78, 5) is 9.16. The van der Waals surface area contributed by atoms with Gasteiger partial charge in [-0.2, -0.15) is 5.10 Å². The lowest BCUT2D eigenvalue weighted by Crippen LogP contribution is -2.17. The Kier molecular flexibility index (Phi) is 4.09. The van der Waals surface area contributed by atoms with Crippen LogP contribution in [0.15, 0.2) is 29.0 Å². The van der Waals surface area contributed by atoms with Gasteiger partial charge in [-0.3, -0.25) is 4.68 Å². The fourth-order valence-electron chi connectivity index (χ4n) is 2.45. The number of aryl methyl sites for hydroxylation is 3. The van der Waals surface area contributed by atoms with Gasteiger partial charge >= 0.3 is 0 Å². The Morgan fingerprint density at radius 3 is 2.95 bits per heavy atom. The van der Waals surface area contributed by atoms with E-state index >= 15 is 0 Å². The Balaban J connectivity index is 1.77. The number of anilines is 1. The molecule has 0 aromatic carbocycles. The Bertz CT molecular complexity index is 747. The molecule has 0 spiro atoms. The molecule has 0 radical (unpaired) electrons. The van der Waals surface area contributed by atoms with Crippen LogP contribution in [0, 0.1) is 0 Å². The zero-order valence-electron chi connectivity index (χ0n) is 13.2. The highest BCUT2D eigenvalue weighted by Gasteiger charge is 2.13. The second-order valence-corrected chi connectivity index (χ2v) is 5.51. The third kappa shape index (κ3) is 2.95. The maximum atomic E-state index is 5.38. The van der Waals surface area contributed by atoms with E-state index in [1.165, 1.54) is 0 Å². The number of fused-ring (bicyclic) bond motifs is 1. The smallest absolute Gasteiger partial charge is 0.163 e. The van der Waals surface area contributed by atoms with Crippen LogP contribution in [0.5, 0.6) is 0 Å². The molecule has 116 valence electrons. The molecule has 3 rings (SSSR count). The zero-order valence-corrected chi connectivity index (χ0v) is 13.2. The van der Waals surface area contributed by atoms with Gasteiger partial charge in [0.1, 0.15) is 17.4 Å². The fraction of sp³-hybridized carbons (Fsp3) is 0.438. The molecule has 1 atom stereocenters. The summed E-state index contributed by atoms with van der Waals surface area (Å²) in [6.07, 6.45) is 6.21. The lowest BCUT2D eigenvalue weighted by molar-refractivity contribution is 0.495. The van der Waals surface area contributed by atoms with Crippen molar-refractivity contribution in [2.24, 2.45) is 7.05 Å². The van der Waals surface area contributed by atoms with Crippen molar-refractivity contribution in [2.75, 3.05) is 5.32 Å². The summed E-state index contributed by atoms with van der Waals surface area (Å²) < 4.78 is 7.16. The van der Waals surface area contributed by atoms with E-state index in [0.29, 0.717) is 0 Å². The minimum absolute atomic E-state index is 0.285. The summed E-state index contributed by atoms with van der Waals surface area (Å²) in [6, 6.07) is 4.21. The average molecular weight is 299 g/mol. The normalized spacial score (nSPS) is 12.7. The monoisotopic (exact) mass is 299 g/mol. The predicted octanol–water partition coefficient (Wildman–Crippen LogP) is 2.95. The lowest BCUT2D eigenvalue weighted by atomic mass is 10.1. The minimum atomic E-state index is 0.285. The molecule has 0 saturated carbocycles. The van der Waals surface area contributed by atoms with E-state index in [2.05, 4.69) is 34.2 Å². The summed E-state index contributed by atoms with van der Waals surface area (Å²) in [5, 5.41) is 8.74. The van der Waals surface area contributed by atoms with E-state index in [4.69, 9.17) is 4.42 Å². The van der Waals surface area contributed by atoms with Crippen LogP contribution in [0.1, 0.15) is 31.9 Å². The molecule has 0 saturated heterocycles. The molecule has 0 unspecified atom stereocenters. The molecule has 0 bridgehead atoms. The van der Waals surface area contributed by atoms with Gasteiger partial charge < -0.3 is 9.73 Å². The van der Waals surface area contributed by atoms with Crippen LogP contribution < -0.4 is 5.32 Å². The van der Waals surface area contributed by atoms with Gasteiger partial charge in [0.15, 0.2) is 5.65 Å². The first-order valence-corrected chi connectivity index (χ1v) is 7.65. The van der Waals surface area contributed by atoms with Gasteiger partial charge in [-0.1, -0.05) is 6.92 Å². The van der Waals surface area contributed by atoms with Crippen LogP contribution in [0.3, 0.4) is 0 Å². The highest BCUT2D eigenvalue weighted by molar-refractivity contribution is 5.86. The Hall–Kier alpha value is -2.37. The molecule has 1 N–H and O–H groups in total. The molecule has 6 heteroatoms. The molecule has 0 fully saturated rings. The van der Waals surface area contributed by atoms with E-state index in [9.17, 15) is 0 Å². The van der Waals surface area contributed by atoms with E-state index in [1.807, 2.05) is 25.4 Å². The van der Waals surface area contributed by atoms with E-state index in [1.54, 1.807) is 10.9 Å². The van der Waals surface area contributed by atoms with Crippen molar-refractivity contribution in [3.8, 4) is 0 Å². The Morgan fingerprint density at radius 2 is 2.23 bits per heavy atom.